The van der Waals surface area contributed by atoms with Crippen LogP contribution in [0.1, 0.15) is 126 Å². The number of nitrogens with zero attached hydrogens (tertiary/aromatic N) is 3. The normalized spacial score (nSPS) is 40.3. The molecule has 1 aliphatic heterocycles. The predicted octanol–water partition coefficient (Wildman–Crippen LogP) is 8.68. The predicted molar refractivity (Wildman–Crippen MR) is 218 cm³/mol. The third kappa shape index (κ3) is 5.86. The molecule has 304 valence electrons. The van der Waals surface area contributed by atoms with Crippen molar-refractivity contribution in [2.24, 2.45) is 73.5 Å². The first-order valence-electron chi connectivity index (χ1n) is 21.2. The summed E-state index contributed by atoms with van der Waals surface area (Å²) in [6.45, 7) is 27.1. The van der Waals surface area contributed by atoms with E-state index in [0.717, 1.165) is 55.5 Å². The van der Waals surface area contributed by atoms with Crippen LogP contribution in [-0.2, 0) is 20.8 Å². The van der Waals surface area contributed by atoms with Crippen LogP contribution >= 0.6 is 0 Å². The SMILES string of the molecule is CC(C)[C@@H](C)[C@@]1(C)CC[C@]2(C)[C@H]3CC[C@@H]4[C@@]5(COC[C@@]4(C)[C@@H](OC[C@](C)(N)C(C)(C)C)[C@H](n4ncnc4-c4ccc(CN)cc4)C5)C3=CC[C@@]2(C)[C@@H]1C(=O)O. The quantitative estimate of drug-likeness (QED) is 0.216. The lowest BCUT2D eigenvalue weighted by Gasteiger charge is -2.71. The van der Waals surface area contributed by atoms with Crippen molar-refractivity contribution in [3.63, 3.8) is 0 Å². The molecule has 7 rings (SSSR count). The molecule has 2 aromatic rings. The van der Waals surface area contributed by atoms with Crippen LogP contribution in [-0.4, -0.2) is 57.3 Å². The van der Waals surface area contributed by atoms with E-state index in [4.69, 9.17) is 31.0 Å². The molecule has 1 aromatic heterocycles. The number of carboxylic acids is 1. The third-order valence-electron chi connectivity index (χ3n) is 17.7. The molecular formula is C46H71N5O4. The van der Waals surface area contributed by atoms with Gasteiger partial charge in [-0.15, -0.1) is 0 Å². The minimum atomic E-state index is -0.626. The van der Waals surface area contributed by atoms with E-state index < -0.39 is 17.4 Å². The minimum Gasteiger partial charge on any atom is -0.481 e. The van der Waals surface area contributed by atoms with Crippen molar-refractivity contribution < 1.29 is 19.4 Å². The fraction of sp³-hybridized carbons (Fsp3) is 0.761. The van der Waals surface area contributed by atoms with Crippen molar-refractivity contribution in [1.29, 1.82) is 0 Å². The number of benzene rings is 1. The molecule has 0 spiro atoms. The zero-order chi connectivity index (χ0) is 40.1. The maximum absolute atomic E-state index is 13.6. The van der Waals surface area contributed by atoms with Gasteiger partial charge in [0, 0.05) is 28.5 Å². The summed E-state index contributed by atoms with van der Waals surface area (Å²) in [6, 6.07) is 8.22. The van der Waals surface area contributed by atoms with E-state index in [0.29, 0.717) is 44.1 Å². The van der Waals surface area contributed by atoms with Gasteiger partial charge in [0.2, 0.25) is 0 Å². The van der Waals surface area contributed by atoms with Crippen LogP contribution in [0.15, 0.2) is 42.2 Å². The standard InChI is InChI=1S/C46H71N5O4/c1-28(2)29(3)41(7)20-21-43(9)32-16-17-35-42(8)24-54-26-46(35,33(32)18-19-44(43,10)36(41)39(52)53)22-34(37(42)55-25-45(11,48)40(4,5)6)51-38(49-27-50-51)31-14-12-30(23-47)13-15-31/h12-15,18,27-29,32,34-37H,16-17,19-26,47-48H2,1-11H3,(H,52,53)/t29-,32+,34-,35+,36-,37+,41-,42-,43-,44+,45+,46+/m1/s1. The summed E-state index contributed by atoms with van der Waals surface area (Å²) in [5, 5.41) is 16.2. The van der Waals surface area contributed by atoms with Crippen molar-refractivity contribution in [3.8, 4) is 11.4 Å². The molecule has 9 nitrogen and oxygen atoms in total. The molecule has 2 bridgehead atoms. The molecule has 3 saturated carbocycles. The van der Waals surface area contributed by atoms with E-state index in [1.807, 2.05) is 0 Å². The van der Waals surface area contributed by atoms with Crippen LogP contribution in [0.3, 0.4) is 0 Å². The van der Waals surface area contributed by atoms with Gasteiger partial charge in [-0.05, 0) is 96.3 Å². The molecule has 12 atom stereocenters. The lowest BCUT2D eigenvalue weighted by molar-refractivity contribution is -0.253. The minimum absolute atomic E-state index is 0.123. The van der Waals surface area contributed by atoms with Gasteiger partial charge in [0.05, 0.1) is 37.9 Å². The second-order valence-electron chi connectivity index (χ2n) is 21.4. The molecule has 0 radical (unpaired) electrons. The highest BCUT2D eigenvalue weighted by Gasteiger charge is 2.72. The van der Waals surface area contributed by atoms with Crippen LogP contribution in [0, 0.1) is 62.1 Å². The highest BCUT2D eigenvalue weighted by Crippen LogP contribution is 2.75. The number of carboxylic acid groups (broad SMARTS) is 1. The molecule has 5 aliphatic rings. The zero-order valence-corrected chi connectivity index (χ0v) is 35.7. The highest BCUT2D eigenvalue weighted by atomic mass is 16.5. The molecular weight excluding hydrogens is 687 g/mol. The van der Waals surface area contributed by atoms with Gasteiger partial charge >= 0.3 is 5.97 Å². The Balaban J connectivity index is 1.35. The van der Waals surface area contributed by atoms with Gasteiger partial charge in [0.15, 0.2) is 5.82 Å². The van der Waals surface area contributed by atoms with Crippen molar-refractivity contribution in [2.75, 3.05) is 19.8 Å². The molecule has 0 amide bonds. The van der Waals surface area contributed by atoms with Gasteiger partial charge in [-0.25, -0.2) is 9.67 Å². The number of allylic oxidation sites excluding steroid dienone is 1. The number of ether oxygens (including phenoxy) is 2. The molecule has 4 fully saturated rings. The van der Waals surface area contributed by atoms with Crippen LogP contribution in [0.4, 0.5) is 0 Å². The van der Waals surface area contributed by atoms with Gasteiger partial charge in [0.1, 0.15) is 6.33 Å². The summed E-state index contributed by atoms with van der Waals surface area (Å²) >= 11 is 0. The van der Waals surface area contributed by atoms with Crippen molar-refractivity contribution in [2.45, 2.75) is 139 Å². The van der Waals surface area contributed by atoms with Crippen LogP contribution in [0.5, 0.6) is 0 Å². The molecule has 1 aromatic carbocycles. The smallest absolute Gasteiger partial charge is 0.307 e. The van der Waals surface area contributed by atoms with E-state index in [2.05, 4.69) is 111 Å². The molecule has 5 N–H and O–H groups in total. The van der Waals surface area contributed by atoms with E-state index in [9.17, 15) is 9.90 Å². The monoisotopic (exact) mass is 758 g/mol. The second-order valence-corrected chi connectivity index (χ2v) is 21.4. The van der Waals surface area contributed by atoms with E-state index >= 15 is 0 Å². The lowest BCUT2D eigenvalue weighted by atomic mass is 9.34. The molecule has 55 heavy (non-hydrogen) atoms. The van der Waals surface area contributed by atoms with Crippen molar-refractivity contribution >= 4 is 5.97 Å². The lowest BCUT2D eigenvalue weighted by Crippen LogP contribution is -2.69. The van der Waals surface area contributed by atoms with Gasteiger partial charge < -0.3 is 26.0 Å². The number of hydrogen-bond acceptors (Lipinski definition) is 7. The van der Waals surface area contributed by atoms with Gasteiger partial charge in [-0.3, -0.25) is 4.79 Å². The molecule has 1 saturated heterocycles. The maximum Gasteiger partial charge on any atom is 0.307 e. The van der Waals surface area contributed by atoms with E-state index in [1.54, 1.807) is 6.33 Å². The van der Waals surface area contributed by atoms with E-state index in [1.165, 1.54) is 5.57 Å². The average Bonchev–Trinajstić information content (AvgIpc) is 3.60. The summed E-state index contributed by atoms with van der Waals surface area (Å²) in [4.78, 5) is 18.5. The first kappa shape index (κ1) is 40.6. The number of nitrogens with two attached hydrogens (primary N) is 2. The fourth-order valence-electron chi connectivity index (χ4n) is 13.1. The third-order valence-corrected chi connectivity index (χ3v) is 17.7. The maximum atomic E-state index is 13.6. The topological polar surface area (TPSA) is 139 Å². The van der Waals surface area contributed by atoms with Crippen LogP contribution in [0.25, 0.3) is 11.4 Å². The average molecular weight is 758 g/mol. The summed E-state index contributed by atoms with van der Waals surface area (Å²) in [6.07, 6.45) is 9.64. The Labute approximate surface area is 330 Å². The highest BCUT2D eigenvalue weighted by molar-refractivity contribution is 5.73. The number of fused-ring (bicyclic) bond motifs is 3. The molecule has 9 heteroatoms. The Bertz CT molecular complexity index is 1800. The molecule has 4 aliphatic carbocycles. The van der Waals surface area contributed by atoms with Crippen LogP contribution in [0.2, 0.25) is 0 Å². The fourth-order valence-corrected chi connectivity index (χ4v) is 13.1. The summed E-state index contributed by atoms with van der Waals surface area (Å²) in [5.41, 5.74) is 14.5. The molecule has 0 unspecified atom stereocenters. The first-order chi connectivity index (χ1) is 25.6. The van der Waals surface area contributed by atoms with Gasteiger partial charge in [-0.2, -0.15) is 5.10 Å². The number of aromatic nitrogens is 3. The Morgan fingerprint density at radius 3 is 2.35 bits per heavy atom. The summed E-state index contributed by atoms with van der Waals surface area (Å²) in [7, 11) is 0. The summed E-state index contributed by atoms with van der Waals surface area (Å²) < 4.78 is 16.2. The van der Waals surface area contributed by atoms with E-state index in [-0.39, 0.29) is 50.6 Å². The number of hydrogen-bond donors (Lipinski definition) is 3. The Hall–Kier alpha value is -2.59. The second kappa shape index (κ2) is 13.5. The Morgan fingerprint density at radius 2 is 1.73 bits per heavy atom. The van der Waals surface area contributed by atoms with Gasteiger partial charge in [0.25, 0.3) is 0 Å². The molecule has 2 heterocycles. The largest absolute Gasteiger partial charge is 0.481 e. The van der Waals surface area contributed by atoms with Gasteiger partial charge in [-0.1, -0.05) is 105 Å². The van der Waals surface area contributed by atoms with Crippen molar-refractivity contribution in [3.05, 3.63) is 47.8 Å². The first-order valence-corrected chi connectivity index (χ1v) is 21.2. The zero-order valence-electron chi connectivity index (χ0n) is 35.7. The number of rotatable bonds is 9. The summed E-state index contributed by atoms with van der Waals surface area (Å²) in [5.74, 6) is 1.10. The number of aliphatic carboxylic acids is 1. The number of carbonyl (C=O) groups is 1. The van der Waals surface area contributed by atoms with Crippen LogP contribution < -0.4 is 11.5 Å². The van der Waals surface area contributed by atoms with Crippen molar-refractivity contribution in [1.82, 2.24) is 14.8 Å². The Morgan fingerprint density at radius 1 is 1.04 bits per heavy atom. The Kier molecular flexibility index (Phi) is 9.96.